The molecule has 2 saturated heterocycles. The summed E-state index contributed by atoms with van der Waals surface area (Å²) < 4.78 is 0. The molecule has 1 aromatic rings. The number of hydrogen-bond acceptors (Lipinski definition) is 3. The summed E-state index contributed by atoms with van der Waals surface area (Å²) in [7, 11) is 2.24. The molecule has 0 saturated carbocycles. The second-order valence-electron chi connectivity index (χ2n) is 6.28. The zero-order valence-corrected chi connectivity index (χ0v) is 12.6. The van der Waals surface area contributed by atoms with E-state index in [0.29, 0.717) is 6.04 Å². The maximum atomic E-state index is 3.50. The molecule has 0 spiro atoms. The van der Waals surface area contributed by atoms with Crippen LogP contribution in [0.4, 0.5) is 0 Å². The first-order valence-corrected chi connectivity index (χ1v) is 8.03. The summed E-state index contributed by atoms with van der Waals surface area (Å²) >= 11 is 0. The van der Waals surface area contributed by atoms with Gasteiger partial charge in [-0.25, -0.2) is 0 Å². The van der Waals surface area contributed by atoms with E-state index in [9.17, 15) is 0 Å². The summed E-state index contributed by atoms with van der Waals surface area (Å²) in [5.41, 5.74) is 1.52. The monoisotopic (exact) mass is 273 g/mol. The van der Waals surface area contributed by atoms with Gasteiger partial charge in [-0.15, -0.1) is 0 Å². The fraction of sp³-hybridized carbons (Fsp3) is 0.647. The molecule has 0 bridgehead atoms. The van der Waals surface area contributed by atoms with Crippen LogP contribution < -0.4 is 5.32 Å². The normalized spacial score (nSPS) is 24.6. The predicted molar refractivity (Wildman–Crippen MR) is 83.8 cm³/mol. The fourth-order valence-corrected chi connectivity index (χ4v) is 3.69. The summed E-state index contributed by atoms with van der Waals surface area (Å²) in [4.78, 5) is 5.17. The lowest BCUT2D eigenvalue weighted by molar-refractivity contribution is 0.0693. The molecule has 2 heterocycles. The van der Waals surface area contributed by atoms with Gasteiger partial charge in [0.15, 0.2) is 0 Å². The van der Waals surface area contributed by atoms with Crippen LogP contribution in [0.2, 0.25) is 0 Å². The number of likely N-dealkylation sites (N-methyl/N-ethyl adjacent to an activating group) is 1. The predicted octanol–water partition coefficient (Wildman–Crippen LogP) is 1.97. The first kappa shape index (κ1) is 14.1. The van der Waals surface area contributed by atoms with E-state index >= 15 is 0 Å². The molecule has 0 radical (unpaired) electrons. The van der Waals surface area contributed by atoms with E-state index in [1.165, 1.54) is 57.7 Å². The second kappa shape index (κ2) is 6.70. The van der Waals surface area contributed by atoms with Crippen molar-refractivity contribution >= 4 is 0 Å². The molecule has 3 heteroatoms. The van der Waals surface area contributed by atoms with Crippen LogP contribution in [-0.4, -0.2) is 56.1 Å². The molecule has 2 aliphatic heterocycles. The highest BCUT2D eigenvalue weighted by molar-refractivity contribution is 5.20. The number of nitrogens with zero attached hydrogens (tertiary/aromatic N) is 2. The average molecular weight is 273 g/mol. The Morgan fingerprint density at radius 1 is 1.00 bits per heavy atom. The minimum atomic E-state index is 0.618. The van der Waals surface area contributed by atoms with Crippen molar-refractivity contribution < 1.29 is 0 Å². The summed E-state index contributed by atoms with van der Waals surface area (Å²) in [6.45, 7) is 7.19. The van der Waals surface area contributed by atoms with Crippen molar-refractivity contribution in [3.8, 4) is 0 Å². The average Bonchev–Trinajstić information content (AvgIpc) is 2.52. The molecule has 1 N–H and O–H groups in total. The van der Waals surface area contributed by atoms with Crippen LogP contribution in [0.3, 0.4) is 0 Å². The van der Waals surface area contributed by atoms with Gasteiger partial charge >= 0.3 is 0 Å². The molecule has 1 unspecified atom stereocenters. The summed E-state index contributed by atoms with van der Waals surface area (Å²) in [5.74, 6) is 0.807. The molecule has 3 rings (SSSR count). The van der Waals surface area contributed by atoms with Gasteiger partial charge < -0.3 is 10.2 Å². The molecule has 1 atom stereocenters. The van der Waals surface area contributed by atoms with E-state index in [-0.39, 0.29) is 0 Å². The van der Waals surface area contributed by atoms with Gasteiger partial charge in [0, 0.05) is 32.2 Å². The zero-order valence-electron chi connectivity index (χ0n) is 12.6. The van der Waals surface area contributed by atoms with Gasteiger partial charge in [-0.05, 0) is 44.5 Å². The SMILES string of the molecule is CN1CCN(C(c2ccccc2)C2CCNCC2)CC1. The van der Waals surface area contributed by atoms with Gasteiger partial charge in [-0.1, -0.05) is 30.3 Å². The standard InChI is InChI=1S/C17H27N3/c1-19-11-13-20(14-12-19)17(15-5-3-2-4-6-15)16-7-9-18-10-8-16/h2-6,16-18H,7-14H2,1H3. The Hall–Kier alpha value is -0.900. The van der Waals surface area contributed by atoms with E-state index in [4.69, 9.17) is 0 Å². The lowest BCUT2D eigenvalue weighted by Crippen LogP contribution is -2.48. The van der Waals surface area contributed by atoms with Crippen LogP contribution in [-0.2, 0) is 0 Å². The van der Waals surface area contributed by atoms with E-state index in [0.717, 1.165) is 5.92 Å². The number of nitrogens with one attached hydrogen (secondary N) is 1. The van der Waals surface area contributed by atoms with Gasteiger partial charge in [0.1, 0.15) is 0 Å². The largest absolute Gasteiger partial charge is 0.317 e. The smallest absolute Gasteiger partial charge is 0.0378 e. The van der Waals surface area contributed by atoms with Gasteiger partial charge in [-0.3, -0.25) is 4.90 Å². The van der Waals surface area contributed by atoms with E-state index in [1.54, 1.807) is 0 Å². The number of rotatable bonds is 3. The lowest BCUT2D eigenvalue weighted by atomic mass is 9.84. The Morgan fingerprint density at radius 2 is 1.65 bits per heavy atom. The molecular formula is C17H27N3. The summed E-state index contributed by atoms with van der Waals surface area (Å²) in [6, 6.07) is 11.8. The molecule has 2 fully saturated rings. The highest BCUT2D eigenvalue weighted by Gasteiger charge is 2.31. The first-order chi connectivity index (χ1) is 9.84. The molecule has 0 amide bonds. The van der Waals surface area contributed by atoms with Crippen molar-refractivity contribution in [1.29, 1.82) is 0 Å². The van der Waals surface area contributed by atoms with Gasteiger partial charge in [0.05, 0.1) is 0 Å². The summed E-state index contributed by atoms with van der Waals surface area (Å²) in [5, 5.41) is 3.50. The van der Waals surface area contributed by atoms with Crippen LogP contribution >= 0.6 is 0 Å². The lowest BCUT2D eigenvalue weighted by Gasteiger charge is -2.43. The molecule has 2 aliphatic rings. The van der Waals surface area contributed by atoms with Crippen molar-refractivity contribution in [3.05, 3.63) is 35.9 Å². The van der Waals surface area contributed by atoms with Gasteiger partial charge in [-0.2, -0.15) is 0 Å². The molecular weight excluding hydrogens is 246 g/mol. The maximum Gasteiger partial charge on any atom is 0.0378 e. The highest BCUT2D eigenvalue weighted by atomic mass is 15.3. The minimum absolute atomic E-state index is 0.618. The number of piperidine rings is 1. The van der Waals surface area contributed by atoms with E-state index in [1.807, 2.05) is 0 Å². The Balaban J connectivity index is 1.79. The van der Waals surface area contributed by atoms with E-state index < -0.39 is 0 Å². The van der Waals surface area contributed by atoms with Gasteiger partial charge in [0.25, 0.3) is 0 Å². The van der Waals surface area contributed by atoms with Crippen molar-refractivity contribution in [2.24, 2.45) is 5.92 Å². The maximum absolute atomic E-state index is 3.50. The number of benzene rings is 1. The zero-order chi connectivity index (χ0) is 13.8. The highest BCUT2D eigenvalue weighted by Crippen LogP contribution is 2.34. The summed E-state index contributed by atoms with van der Waals surface area (Å²) in [6.07, 6.45) is 2.62. The fourth-order valence-electron chi connectivity index (χ4n) is 3.69. The Morgan fingerprint density at radius 3 is 2.30 bits per heavy atom. The Kier molecular flexibility index (Phi) is 4.71. The molecule has 20 heavy (non-hydrogen) atoms. The second-order valence-corrected chi connectivity index (χ2v) is 6.28. The third-order valence-electron chi connectivity index (χ3n) is 4.90. The van der Waals surface area contributed by atoms with Crippen LogP contribution in [0.25, 0.3) is 0 Å². The molecule has 0 aromatic heterocycles. The van der Waals surface area contributed by atoms with Crippen molar-refractivity contribution in [2.45, 2.75) is 18.9 Å². The quantitative estimate of drug-likeness (QED) is 0.908. The molecule has 0 aliphatic carbocycles. The minimum Gasteiger partial charge on any atom is -0.317 e. The Labute approximate surface area is 123 Å². The number of piperazine rings is 1. The van der Waals surface area contributed by atoms with Crippen molar-refractivity contribution in [1.82, 2.24) is 15.1 Å². The van der Waals surface area contributed by atoms with Crippen LogP contribution in [0.15, 0.2) is 30.3 Å². The van der Waals surface area contributed by atoms with Crippen molar-refractivity contribution in [3.63, 3.8) is 0 Å². The molecule has 110 valence electrons. The van der Waals surface area contributed by atoms with Crippen LogP contribution in [0.1, 0.15) is 24.4 Å². The van der Waals surface area contributed by atoms with Crippen molar-refractivity contribution in [2.75, 3.05) is 46.3 Å². The molecule has 3 nitrogen and oxygen atoms in total. The first-order valence-electron chi connectivity index (χ1n) is 8.03. The Bertz CT molecular complexity index is 392. The van der Waals surface area contributed by atoms with E-state index in [2.05, 4.69) is 52.5 Å². The van der Waals surface area contributed by atoms with Crippen LogP contribution in [0.5, 0.6) is 0 Å². The topological polar surface area (TPSA) is 18.5 Å². The van der Waals surface area contributed by atoms with Crippen LogP contribution in [0, 0.1) is 5.92 Å². The number of hydrogen-bond donors (Lipinski definition) is 1. The third kappa shape index (κ3) is 3.22. The third-order valence-corrected chi connectivity index (χ3v) is 4.90. The molecule has 1 aromatic carbocycles. The van der Waals surface area contributed by atoms with Gasteiger partial charge in [0.2, 0.25) is 0 Å².